The number of nitrogens with zero attached hydrogens (tertiary/aromatic N) is 1. The van der Waals surface area contributed by atoms with Gasteiger partial charge in [0.2, 0.25) is 0 Å². The van der Waals surface area contributed by atoms with Crippen LogP contribution in [0.1, 0.15) is 31.4 Å². The number of nitrogens with one attached hydrogen (secondary N) is 1. The second-order valence-electron chi connectivity index (χ2n) is 6.23. The van der Waals surface area contributed by atoms with E-state index >= 15 is 0 Å². The van der Waals surface area contributed by atoms with Crippen LogP contribution in [0.25, 0.3) is 0 Å². The van der Waals surface area contributed by atoms with Crippen LogP contribution in [-0.4, -0.2) is 42.1 Å². The third-order valence-corrected chi connectivity index (χ3v) is 5.78. The molecule has 0 aliphatic carbocycles. The highest BCUT2D eigenvalue weighted by Crippen LogP contribution is 2.26. The lowest BCUT2D eigenvalue weighted by molar-refractivity contribution is 0.117. The standard InChI is InChI=1S/C17H26N2S/c1-14-11-18-17(16-5-3-2-4-6-16)13-19(14)12-15-7-9-20-10-8-15/h2-6,14-15,17-18H,7-13H2,1H3. The van der Waals surface area contributed by atoms with E-state index in [9.17, 15) is 0 Å². The number of piperazine rings is 1. The average molecular weight is 290 g/mol. The largest absolute Gasteiger partial charge is 0.307 e. The van der Waals surface area contributed by atoms with Gasteiger partial charge in [-0.05, 0) is 42.8 Å². The fourth-order valence-electron chi connectivity index (χ4n) is 3.34. The van der Waals surface area contributed by atoms with Gasteiger partial charge in [0.05, 0.1) is 0 Å². The van der Waals surface area contributed by atoms with Gasteiger partial charge in [-0.25, -0.2) is 0 Å². The minimum absolute atomic E-state index is 0.505. The van der Waals surface area contributed by atoms with Crippen molar-refractivity contribution in [2.45, 2.75) is 31.8 Å². The van der Waals surface area contributed by atoms with Crippen molar-refractivity contribution in [3.05, 3.63) is 35.9 Å². The molecule has 0 bridgehead atoms. The van der Waals surface area contributed by atoms with Gasteiger partial charge in [-0.3, -0.25) is 4.90 Å². The van der Waals surface area contributed by atoms with E-state index in [2.05, 4.69) is 59.2 Å². The first-order valence-corrected chi connectivity index (χ1v) is 9.08. The van der Waals surface area contributed by atoms with Gasteiger partial charge in [0.1, 0.15) is 0 Å². The molecule has 2 aliphatic heterocycles. The van der Waals surface area contributed by atoms with Crippen LogP contribution in [0.5, 0.6) is 0 Å². The molecule has 0 aromatic heterocycles. The fraction of sp³-hybridized carbons (Fsp3) is 0.647. The van der Waals surface area contributed by atoms with E-state index in [0.29, 0.717) is 12.1 Å². The normalized spacial score (nSPS) is 29.4. The Balaban J connectivity index is 1.61. The summed E-state index contributed by atoms with van der Waals surface area (Å²) in [4.78, 5) is 2.72. The molecule has 20 heavy (non-hydrogen) atoms. The molecule has 2 saturated heterocycles. The smallest absolute Gasteiger partial charge is 0.0449 e. The second-order valence-corrected chi connectivity index (χ2v) is 7.45. The Labute approximate surface area is 127 Å². The topological polar surface area (TPSA) is 15.3 Å². The molecule has 2 fully saturated rings. The maximum absolute atomic E-state index is 3.71. The summed E-state index contributed by atoms with van der Waals surface area (Å²) in [7, 11) is 0. The quantitative estimate of drug-likeness (QED) is 0.920. The summed E-state index contributed by atoms with van der Waals surface area (Å²) in [5.74, 6) is 3.66. The van der Waals surface area contributed by atoms with Crippen molar-refractivity contribution in [1.29, 1.82) is 0 Å². The molecule has 110 valence electrons. The number of hydrogen-bond acceptors (Lipinski definition) is 3. The molecule has 2 heterocycles. The van der Waals surface area contributed by atoms with Crippen molar-refractivity contribution in [3.63, 3.8) is 0 Å². The summed E-state index contributed by atoms with van der Waals surface area (Å²) in [5.41, 5.74) is 1.43. The molecule has 3 heteroatoms. The van der Waals surface area contributed by atoms with Crippen molar-refractivity contribution < 1.29 is 0 Å². The molecule has 0 radical (unpaired) electrons. The second kappa shape index (κ2) is 6.97. The Bertz CT molecular complexity index is 403. The highest BCUT2D eigenvalue weighted by Gasteiger charge is 2.28. The van der Waals surface area contributed by atoms with Crippen LogP contribution in [0.4, 0.5) is 0 Å². The summed E-state index contributed by atoms with van der Waals surface area (Å²) in [6.07, 6.45) is 2.83. The summed E-state index contributed by atoms with van der Waals surface area (Å²) >= 11 is 2.13. The van der Waals surface area contributed by atoms with Gasteiger partial charge < -0.3 is 5.32 Å². The van der Waals surface area contributed by atoms with E-state index in [1.54, 1.807) is 0 Å². The van der Waals surface area contributed by atoms with Gasteiger partial charge >= 0.3 is 0 Å². The van der Waals surface area contributed by atoms with E-state index in [1.807, 2.05) is 0 Å². The SMILES string of the molecule is CC1CNC(c2ccccc2)CN1CC1CCSCC1. The third kappa shape index (κ3) is 3.57. The predicted molar refractivity (Wildman–Crippen MR) is 88.3 cm³/mol. The zero-order valence-corrected chi connectivity index (χ0v) is 13.2. The average Bonchev–Trinajstić information content (AvgIpc) is 2.51. The molecule has 2 aliphatic rings. The lowest BCUT2D eigenvalue weighted by Gasteiger charge is -2.41. The van der Waals surface area contributed by atoms with Crippen LogP contribution in [0.3, 0.4) is 0 Å². The Kier molecular flexibility index (Phi) is 5.03. The van der Waals surface area contributed by atoms with E-state index < -0.39 is 0 Å². The summed E-state index contributed by atoms with van der Waals surface area (Å²) in [6.45, 7) is 5.94. The van der Waals surface area contributed by atoms with Gasteiger partial charge in [-0.1, -0.05) is 30.3 Å². The number of hydrogen-bond donors (Lipinski definition) is 1. The molecule has 2 unspecified atom stereocenters. The lowest BCUT2D eigenvalue weighted by Crippen LogP contribution is -2.52. The molecule has 1 N–H and O–H groups in total. The van der Waals surface area contributed by atoms with Gasteiger partial charge in [0, 0.05) is 31.7 Å². The van der Waals surface area contributed by atoms with Gasteiger partial charge in [0.15, 0.2) is 0 Å². The molecule has 2 nitrogen and oxygen atoms in total. The molecule has 1 aromatic rings. The van der Waals surface area contributed by atoms with E-state index in [0.717, 1.165) is 19.0 Å². The van der Waals surface area contributed by atoms with Crippen molar-refractivity contribution in [3.8, 4) is 0 Å². The molecule has 0 spiro atoms. The minimum Gasteiger partial charge on any atom is -0.307 e. The maximum atomic E-state index is 3.71. The van der Waals surface area contributed by atoms with E-state index in [1.165, 1.54) is 36.5 Å². The van der Waals surface area contributed by atoms with Crippen LogP contribution in [0.15, 0.2) is 30.3 Å². The first kappa shape index (κ1) is 14.4. The van der Waals surface area contributed by atoms with E-state index in [4.69, 9.17) is 0 Å². The monoisotopic (exact) mass is 290 g/mol. The van der Waals surface area contributed by atoms with Crippen LogP contribution in [0, 0.1) is 5.92 Å². The minimum atomic E-state index is 0.505. The Hall–Kier alpha value is -0.510. The highest BCUT2D eigenvalue weighted by molar-refractivity contribution is 7.99. The van der Waals surface area contributed by atoms with Gasteiger partial charge in [0.25, 0.3) is 0 Å². The number of benzene rings is 1. The van der Waals surface area contributed by atoms with Crippen molar-refractivity contribution in [2.75, 3.05) is 31.1 Å². The molecule has 2 atom stereocenters. The molecule has 0 saturated carbocycles. The first-order valence-electron chi connectivity index (χ1n) is 7.93. The first-order chi connectivity index (χ1) is 9.83. The maximum Gasteiger partial charge on any atom is 0.0449 e. The predicted octanol–water partition coefficient (Wildman–Crippen LogP) is 3.16. The van der Waals surface area contributed by atoms with Crippen LogP contribution < -0.4 is 5.32 Å². The summed E-state index contributed by atoms with van der Waals surface area (Å²) in [6, 6.07) is 12.1. The molecule has 0 amide bonds. The molecular formula is C17H26N2S. The van der Waals surface area contributed by atoms with Crippen molar-refractivity contribution in [2.24, 2.45) is 5.92 Å². The van der Waals surface area contributed by atoms with Gasteiger partial charge in [-0.15, -0.1) is 0 Å². The molecular weight excluding hydrogens is 264 g/mol. The zero-order valence-electron chi connectivity index (χ0n) is 12.4. The van der Waals surface area contributed by atoms with Crippen molar-refractivity contribution in [1.82, 2.24) is 10.2 Å². The Morgan fingerprint density at radius 3 is 2.70 bits per heavy atom. The fourth-order valence-corrected chi connectivity index (χ4v) is 4.55. The number of rotatable bonds is 3. The highest BCUT2D eigenvalue weighted by atomic mass is 32.2. The molecule has 3 rings (SSSR count). The lowest BCUT2D eigenvalue weighted by atomic mass is 9.98. The third-order valence-electron chi connectivity index (χ3n) is 4.74. The van der Waals surface area contributed by atoms with Crippen LogP contribution in [-0.2, 0) is 0 Å². The Morgan fingerprint density at radius 1 is 1.20 bits per heavy atom. The molecule has 1 aromatic carbocycles. The Morgan fingerprint density at radius 2 is 1.95 bits per heavy atom. The van der Waals surface area contributed by atoms with Crippen molar-refractivity contribution >= 4 is 11.8 Å². The van der Waals surface area contributed by atoms with Crippen LogP contribution >= 0.6 is 11.8 Å². The van der Waals surface area contributed by atoms with E-state index in [-0.39, 0.29) is 0 Å². The number of thioether (sulfide) groups is 1. The zero-order chi connectivity index (χ0) is 13.8. The summed E-state index contributed by atoms with van der Waals surface area (Å²) in [5, 5.41) is 3.71. The summed E-state index contributed by atoms with van der Waals surface area (Å²) < 4.78 is 0. The van der Waals surface area contributed by atoms with Crippen LogP contribution in [0.2, 0.25) is 0 Å². The van der Waals surface area contributed by atoms with Gasteiger partial charge in [-0.2, -0.15) is 11.8 Å².